The van der Waals surface area contributed by atoms with Crippen LogP contribution in [0, 0.1) is 6.92 Å². The number of rotatable bonds is 7. The van der Waals surface area contributed by atoms with Gasteiger partial charge in [-0.1, -0.05) is 0 Å². The van der Waals surface area contributed by atoms with Crippen LogP contribution in [0.2, 0.25) is 0 Å². The summed E-state index contributed by atoms with van der Waals surface area (Å²) in [6.45, 7) is 5.22. The zero-order valence-corrected chi connectivity index (χ0v) is 12.7. The van der Waals surface area contributed by atoms with E-state index in [2.05, 4.69) is 16.0 Å². The number of hydrogen-bond donors (Lipinski definition) is 3. The van der Waals surface area contributed by atoms with E-state index in [1.165, 1.54) is 0 Å². The molecule has 0 unspecified atom stereocenters. The normalized spacial score (nSPS) is 13.6. The Balaban J connectivity index is 1.79. The molecule has 1 aliphatic rings. The number of carbonyl (C=O) groups is 2. The van der Waals surface area contributed by atoms with Crippen LogP contribution < -0.4 is 16.0 Å². The number of carbonyl (C=O) groups excluding carboxylic acids is 2. The van der Waals surface area contributed by atoms with Gasteiger partial charge in [-0.15, -0.1) is 0 Å². The zero-order valence-electron chi connectivity index (χ0n) is 12.7. The lowest BCUT2D eigenvalue weighted by atomic mass is 10.1. The van der Waals surface area contributed by atoms with Crippen LogP contribution in [-0.2, 0) is 4.79 Å². The maximum absolute atomic E-state index is 12.0. The van der Waals surface area contributed by atoms with Crippen LogP contribution in [0.3, 0.4) is 0 Å². The summed E-state index contributed by atoms with van der Waals surface area (Å²) >= 11 is 0. The van der Waals surface area contributed by atoms with Crippen molar-refractivity contribution < 1.29 is 9.59 Å². The fourth-order valence-corrected chi connectivity index (χ4v) is 2.11. The van der Waals surface area contributed by atoms with Gasteiger partial charge in [0, 0.05) is 36.8 Å². The molecule has 21 heavy (non-hydrogen) atoms. The van der Waals surface area contributed by atoms with Crippen molar-refractivity contribution in [3.63, 3.8) is 0 Å². The van der Waals surface area contributed by atoms with Gasteiger partial charge in [-0.2, -0.15) is 0 Å². The second-order valence-corrected chi connectivity index (χ2v) is 5.41. The predicted octanol–water partition coefficient (Wildman–Crippen LogP) is 1.83. The Labute approximate surface area is 125 Å². The zero-order chi connectivity index (χ0) is 15.2. The highest BCUT2D eigenvalue weighted by atomic mass is 16.2. The summed E-state index contributed by atoms with van der Waals surface area (Å²) in [5.41, 5.74) is 2.70. The van der Waals surface area contributed by atoms with E-state index in [1.54, 1.807) is 6.07 Å². The maximum Gasteiger partial charge on any atom is 0.251 e. The molecule has 1 aromatic carbocycles. The molecular formula is C16H23N3O2. The van der Waals surface area contributed by atoms with E-state index in [-0.39, 0.29) is 11.8 Å². The summed E-state index contributed by atoms with van der Waals surface area (Å²) < 4.78 is 0. The van der Waals surface area contributed by atoms with Gasteiger partial charge >= 0.3 is 0 Å². The highest BCUT2D eigenvalue weighted by Crippen LogP contribution is 2.18. The van der Waals surface area contributed by atoms with Crippen LogP contribution >= 0.6 is 0 Å². The Morgan fingerprint density at radius 1 is 1.29 bits per heavy atom. The van der Waals surface area contributed by atoms with Gasteiger partial charge < -0.3 is 16.0 Å². The first-order chi connectivity index (χ1) is 10.1. The molecule has 5 heteroatoms. The molecular weight excluding hydrogens is 266 g/mol. The third kappa shape index (κ3) is 4.77. The minimum absolute atomic E-state index is 0.0106. The van der Waals surface area contributed by atoms with Crippen LogP contribution in [0.4, 0.5) is 5.69 Å². The summed E-state index contributed by atoms with van der Waals surface area (Å²) in [7, 11) is 0. The Morgan fingerprint density at radius 2 is 2.05 bits per heavy atom. The van der Waals surface area contributed by atoms with Gasteiger partial charge in [0.05, 0.1) is 0 Å². The third-order valence-corrected chi connectivity index (χ3v) is 3.44. The summed E-state index contributed by atoms with van der Waals surface area (Å²) in [6.07, 6.45) is 2.49. The summed E-state index contributed by atoms with van der Waals surface area (Å²) in [5.74, 6) is -0.128. The second kappa shape index (κ2) is 7.11. The van der Waals surface area contributed by atoms with Crippen molar-refractivity contribution in [3.05, 3.63) is 29.3 Å². The first-order valence-corrected chi connectivity index (χ1v) is 7.52. The number of anilines is 1. The van der Waals surface area contributed by atoms with E-state index < -0.39 is 0 Å². The lowest BCUT2D eigenvalue weighted by molar-refractivity contribution is -0.121. The average Bonchev–Trinajstić information content (AvgIpc) is 3.25. The molecule has 5 nitrogen and oxygen atoms in total. The van der Waals surface area contributed by atoms with Gasteiger partial charge in [0.1, 0.15) is 0 Å². The highest BCUT2D eigenvalue weighted by Gasteiger charge is 2.22. The van der Waals surface area contributed by atoms with Crippen molar-refractivity contribution in [2.45, 2.75) is 39.2 Å². The number of nitrogens with one attached hydrogen (secondary N) is 3. The molecule has 0 radical (unpaired) electrons. The molecule has 0 atom stereocenters. The van der Waals surface area contributed by atoms with Gasteiger partial charge in [0.15, 0.2) is 0 Å². The van der Waals surface area contributed by atoms with Gasteiger partial charge in [-0.25, -0.2) is 0 Å². The van der Waals surface area contributed by atoms with Crippen LogP contribution in [0.15, 0.2) is 18.2 Å². The SMILES string of the molecule is CCNc1ccc(C(=O)NCCC(=O)NC2CC2)cc1C. The molecule has 0 aliphatic heterocycles. The molecule has 1 aliphatic carbocycles. The number of benzene rings is 1. The van der Waals surface area contributed by atoms with E-state index in [0.29, 0.717) is 24.6 Å². The number of amides is 2. The molecule has 114 valence electrons. The van der Waals surface area contributed by atoms with Crippen LogP contribution in [0.25, 0.3) is 0 Å². The number of hydrogen-bond acceptors (Lipinski definition) is 3. The summed E-state index contributed by atoms with van der Waals surface area (Å²) in [6, 6.07) is 5.94. The highest BCUT2D eigenvalue weighted by molar-refractivity contribution is 5.95. The molecule has 1 fully saturated rings. The third-order valence-electron chi connectivity index (χ3n) is 3.44. The van der Waals surface area contributed by atoms with Crippen molar-refractivity contribution in [3.8, 4) is 0 Å². The van der Waals surface area contributed by atoms with Gasteiger partial charge in [-0.05, 0) is 50.5 Å². The molecule has 0 heterocycles. The van der Waals surface area contributed by atoms with Gasteiger partial charge in [-0.3, -0.25) is 9.59 Å². The van der Waals surface area contributed by atoms with Crippen molar-refractivity contribution in [2.75, 3.05) is 18.4 Å². The molecule has 0 bridgehead atoms. The maximum atomic E-state index is 12.0. The molecule has 0 spiro atoms. The monoisotopic (exact) mass is 289 g/mol. The molecule has 3 N–H and O–H groups in total. The topological polar surface area (TPSA) is 70.2 Å². The van der Waals surface area contributed by atoms with Crippen LogP contribution in [0.5, 0.6) is 0 Å². The predicted molar refractivity (Wildman–Crippen MR) is 83.5 cm³/mol. The lowest BCUT2D eigenvalue weighted by Gasteiger charge is -2.10. The first-order valence-electron chi connectivity index (χ1n) is 7.52. The van der Waals surface area contributed by atoms with Crippen molar-refractivity contribution in [1.29, 1.82) is 0 Å². The van der Waals surface area contributed by atoms with Crippen LogP contribution in [0.1, 0.15) is 42.1 Å². The fourth-order valence-electron chi connectivity index (χ4n) is 2.11. The fraction of sp³-hybridized carbons (Fsp3) is 0.500. The standard InChI is InChI=1S/C16H23N3O2/c1-3-17-14-7-4-12(10-11(14)2)16(21)18-9-8-15(20)19-13-5-6-13/h4,7,10,13,17H,3,5-6,8-9H2,1-2H3,(H,18,21)(H,19,20). The minimum Gasteiger partial charge on any atom is -0.385 e. The summed E-state index contributed by atoms with van der Waals surface area (Å²) in [5, 5.41) is 8.92. The van der Waals surface area contributed by atoms with E-state index in [0.717, 1.165) is 30.6 Å². The summed E-state index contributed by atoms with van der Waals surface area (Å²) in [4.78, 5) is 23.5. The van der Waals surface area contributed by atoms with Gasteiger partial charge in [0.25, 0.3) is 5.91 Å². The Hall–Kier alpha value is -2.04. The van der Waals surface area contributed by atoms with E-state index >= 15 is 0 Å². The Kier molecular flexibility index (Phi) is 5.20. The number of aryl methyl sites for hydroxylation is 1. The van der Waals surface area contributed by atoms with Gasteiger partial charge in [0.2, 0.25) is 5.91 Å². The molecule has 1 saturated carbocycles. The van der Waals surface area contributed by atoms with Crippen LogP contribution in [-0.4, -0.2) is 30.9 Å². The molecule has 2 amide bonds. The van der Waals surface area contributed by atoms with Crippen molar-refractivity contribution in [1.82, 2.24) is 10.6 Å². The smallest absolute Gasteiger partial charge is 0.251 e. The van der Waals surface area contributed by atoms with E-state index in [1.807, 2.05) is 26.0 Å². The van der Waals surface area contributed by atoms with E-state index in [4.69, 9.17) is 0 Å². The largest absolute Gasteiger partial charge is 0.385 e. The molecule has 0 saturated heterocycles. The first kappa shape index (κ1) is 15.4. The molecule has 1 aromatic rings. The second-order valence-electron chi connectivity index (χ2n) is 5.41. The van der Waals surface area contributed by atoms with E-state index in [9.17, 15) is 9.59 Å². The Morgan fingerprint density at radius 3 is 2.67 bits per heavy atom. The lowest BCUT2D eigenvalue weighted by Crippen LogP contribution is -2.31. The molecule has 0 aromatic heterocycles. The van der Waals surface area contributed by atoms with Crippen molar-refractivity contribution in [2.24, 2.45) is 0 Å². The quantitative estimate of drug-likeness (QED) is 0.717. The molecule has 2 rings (SSSR count). The average molecular weight is 289 g/mol. The van der Waals surface area contributed by atoms with Crippen molar-refractivity contribution >= 4 is 17.5 Å². The Bertz CT molecular complexity index is 524. The minimum atomic E-state index is -0.139.